The summed E-state index contributed by atoms with van der Waals surface area (Å²) in [6.07, 6.45) is 3.80. The second-order valence-electron chi connectivity index (χ2n) is 7.49. The van der Waals surface area contributed by atoms with E-state index in [1.54, 1.807) is 12.3 Å². The summed E-state index contributed by atoms with van der Waals surface area (Å²) in [5.74, 6) is -0.146. The van der Waals surface area contributed by atoms with Crippen molar-refractivity contribution in [2.24, 2.45) is 4.99 Å². The van der Waals surface area contributed by atoms with E-state index < -0.39 is 5.82 Å². The lowest BCUT2D eigenvalue weighted by Gasteiger charge is -2.18. The first-order chi connectivity index (χ1) is 15.0. The summed E-state index contributed by atoms with van der Waals surface area (Å²) < 4.78 is 18.9. The third kappa shape index (κ3) is 5.08. The summed E-state index contributed by atoms with van der Waals surface area (Å²) in [6.45, 7) is 2.22. The first-order valence-electron chi connectivity index (χ1n) is 10.1. The van der Waals surface area contributed by atoms with Crippen LogP contribution < -0.4 is 10.1 Å². The van der Waals surface area contributed by atoms with E-state index in [-0.39, 0.29) is 36.3 Å². The number of hydrogen-bond acceptors (Lipinski definition) is 6. The minimum Gasteiger partial charge on any atom is -0.488 e. The number of carbonyl (C=O) groups excluding carboxylic acids is 2. The van der Waals surface area contributed by atoms with Crippen LogP contribution in [0.15, 0.2) is 35.5 Å². The van der Waals surface area contributed by atoms with Crippen molar-refractivity contribution in [3.63, 3.8) is 0 Å². The molecule has 1 aromatic heterocycles. The third-order valence-electron chi connectivity index (χ3n) is 5.26. The molecule has 2 aliphatic heterocycles. The van der Waals surface area contributed by atoms with Crippen molar-refractivity contribution in [1.29, 1.82) is 0 Å². The normalized spacial score (nSPS) is 15.6. The lowest BCUT2D eigenvalue weighted by atomic mass is 10.00. The van der Waals surface area contributed by atoms with Gasteiger partial charge in [-0.25, -0.2) is 4.39 Å². The summed E-state index contributed by atoms with van der Waals surface area (Å²) in [7, 11) is 0. The van der Waals surface area contributed by atoms with E-state index in [1.165, 1.54) is 18.2 Å². The van der Waals surface area contributed by atoms with E-state index in [1.807, 2.05) is 4.90 Å². The molecule has 31 heavy (non-hydrogen) atoms. The molecule has 7 nitrogen and oxygen atoms in total. The fraction of sp³-hybridized carbons (Fsp3) is 0.364. The van der Waals surface area contributed by atoms with Gasteiger partial charge in [0.05, 0.1) is 35.1 Å². The van der Waals surface area contributed by atoms with Gasteiger partial charge in [-0.2, -0.15) is 0 Å². The Bertz CT molecular complexity index is 1040. The van der Waals surface area contributed by atoms with E-state index in [4.69, 9.17) is 16.3 Å². The highest BCUT2D eigenvalue weighted by molar-refractivity contribution is 6.30. The smallest absolute Gasteiger partial charge is 0.236 e. The van der Waals surface area contributed by atoms with Crippen molar-refractivity contribution in [2.75, 3.05) is 26.2 Å². The average Bonchev–Trinajstić information content (AvgIpc) is 3.30. The molecule has 162 valence electrons. The standard InChI is InChI=1S/C22H22ClFN4O3/c23-17-10-15(3-4-18(17)24)31-13-14-9-20(29)16-5-6-26-19(22(16)27-14)11-25-12-21(30)28-7-1-2-8-28/h3-6,10,25H,1-2,7-9,11-13H2. The highest BCUT2D eigenvalue weighted by Crippen LogP contribution is 2.29. The SMILES string of the molecule is O=C1CC(COc2ccc(F)c(Cl)c2)=Nc2c1ccnc2CNCC(=O)N1CCCC1. The quantitative estimate of drug-likeness (QED) is 0.708. The van der Waals surface area contributed by atoms with Crippen molar-refractivity contribution in [1.82, 2.24) is 15.2 Å². The van der Waals surface area contributed by atoms with Gasteiger partial charge in [0.1, 0.15) is 18.2 Å². The van der Waals surface area contributed by atoms with Crippen LogP contribution in [0.1, 0.15) is 35.3 Å². The number of likely N-dealkylation sites (tertiary alicyclic amines) is 1. The first-order valence-corrected chi connectivity index (χ1v) is 10.5. The number of rotatable bonds is 7. The Morgan fingerprint density at radius 1 is 1.26 bits per heavy atom. The molecule has 1 aromatic carbocycles. The number of Topliss-reactive ketones (excluding diaryl/α,β-unsaturated/α-hetero) is 1. The Hall–Kier alpha value is -2.84. The maximum Gasteiger partial charge on any atom is 0.236 e. The van der Waals surface area contributed by atoms with Gasteiger partial charge in [0.15, 0.2) is 5.78 Å². The van der Waals surface area contributed by atoms with Crippen LogP contribution >= 0.6 is 11.6 Å². The molecule has 4 rings (SSSR count). The zero-order valence-corrected chi connectivity index (χ0v) is 17.6. The van der Waals surface area contributed by atoms with Crippen molar-refractivity contribution < 1.29 is 18.7 Å². The van der Waals surface area contributed by atoms with E-state index in [9.17, 15) is 14.0 Å². The Kier molecular flexibility index (Phi) is 6.58. The van der Waals surface area contributed by atoms with Crippen LogP contribution in [-0.2, 0) is 11.3 Å². The van der Waals surface area contributed by atoms with E-state index in [0.717, 1.165) is 25.9 Å². The lowest BCUT2D eigenvalue weighted by molar-refractivity contribution is -0.129. The maximum absolute atomic E-state index is 13.3. The summed E-state index contributed by atoms with van der Waals surface area (Å²) in [6, 6.07) is 5.72. The van der Waals surface area contributed by atoms with Crippen LogP contribution in [0, 0.1) is 5.82 Å². The average molecular weight is 445 g/mol. The summed E-state index contributed by atoms with van der Waals surface area (Å²) in [4.78, 5) is 35.6. The van der Waals surface area contributed by atoms with Gasteiger partial charge in [-0.1, -0.05) is 11.6 Å². The number of halogens is 2. The molecule has 0 saturated carbocycles. The molecular formula is C22H22ClFN4O3. The number of aromatic nitrogens is 1. The van der Waals surface area contributed by atoms with Gasteiger partial charge in [-0.15, -0.1) is 0 Å². The van der Waals surface area contributed by atoms with Crippen LogP contribution in [0.4, 0.5) is 10.1 Å². The van der Waals surface area contributed by atoms with Gasteiger partial charge < -0.3 is 15.0 Å². The monoisotopic (exact) mass is 444 g/mol. The fourth-order valence-corrected chi connectivity index (χ4v) is 3.81. The number of ether oxygens (including phenoxy) is 1. The van der Waals surface area contributed by atoms with Gasteiger partial charge in [0, 0.05) is 37.5 Å². The number of fused-ring (bicyclic) bond motifs is 1. The second kappa shape index (κ2) is 9.53. The molecule has 0 atom stereocenters. The molecular weight excluding hydrogens is 423 g/mol. The predicted octanol–water partition coefficient (Wildman–Crippen LogP) is 3.32. The van der Waals surface area contributed by atoms with E-state index >= 15 is 0 Å². The van der Waals surface area contributed by atoms with Crippen LogP contribution in [-0.4, -0.2) is 53.5 Å². The number of nitrogens with one attached hydrogen (secondary N) is 1. The van der Waals surface area contributed by atoms with Crippen LogP contribution in [0.5, 0.6) is 5.75 Å². The van der Waals surface area contributed by atoms with E-state index in [0.29, 0.717) is 35.0 Å². The number of benzene rings is 1. The summed E-state index contributed by atoms with van der Waals surface area (Å²) in [5, 5.41) is 3.08. The molecule has 1 amide bonds. The Labute approximate surface area is 184 Å². The summed E-state index contributed by atoms with van der Waals surface area (Å²) in [5.41, 5.74) is 2.14. The first kappa shape index (κ1) is 21.4. The van der Waals surface area contributed by atoms with Crippen LogP contribution in [0.25, 0.3) is 0 Å². The molecule has 2 aromatic rings. The molecule has 0 spiro atoms. The maximum atomic E-state index is 13.3. The lowest BCUT2D eigenvalue weighted by Crippen LogP contribution is -2.36. The van der Waals surface area contributed by atoms with Crippen LogP contribution in [0.2, 0.25) is 5.02 Å². The predicted molar refractivity (Wildman–Crippen MR) is 115 cm³/mol. The van der Waals surface area contributed by atoms with Gasteiger partial charge in [0.2, 0.25) is 5.91 Å². The molecule has 3 heterocycles. The Morgan fingerprint density at radius 3 is 2.84 bits per heavy atom. The number of nitrogens with zero attached hydrogens (tertiary/aromatic N) is 3. The Morgan fingerprint density at radius 2 is 2.06 bits per heavy atom. The highest BCUT2D eigenvalue weighted by atomic mass is 35.5. The van der Waals surface area contributed by atoms with Crippen molar-refractivity contribution in [2.45, 2.75) is 25.8 Å². The molecule has 1 fully saturated rings. The van der Waals surface area contributed by atoms with Crippen molar-refractivity contribution in [3.05, 3.63) is 52.6 Å². The number of pyridine rings is 1. The van der Waals surface area contributed by atoms with Gasteiger partial charge >= 0.3 is 0 Å². The zero-order valence-electron chi connectivity index (χ0n) is 16.9. The van der Waals surface area contributed by atoms with Crippen molar-refractivity contribution >= 4 is 34.7 Å². The molecule has 2 aliphatic rings. The second-order valence-corrected chi connectivity index (χ2v) is 7.90. The fourth-order valence-electron chi connectivity index (χ4n) is 3.64. The number of ketones is 1. The molecule has 0 bridgehead atoms. The highest BCUT2D eigenvalue weighted by Gasteiger charge is 2.24. The van der Waals surface area contributed by atoms with Crippen LogP contribution in [0.3, 0.4) is 0 Å². The molecule has 0 aliphatic carbocycles. The van der Waals surface area contributed by atoms with Gasteiger partial charge in [0.25, 0.3) is 0 Å². The number of aliphatic imine (C=N–C) groups is 1. The minimum absolute atomic E-state index is 0.0365. The van der Waals surface area contributed by atoms with E-state index in [2.05, 4.69) is 15.3 Å². The largest absolute Gasteiger partial charge is 0.488 e. The zero-order chi connectivity index (χ0) is 21.8. The molecule has 0 radical (unpaired) electrons. The number of carbonyl (C=O) groups is 2. The third-order valence-corrected chi connectivity index (χ3v) is 5.55. The molecule has 0 unspecified atom stereocenters. The molecule has 1 N–H and O–H groups in total. The topological polar surface area (TPSA) is 83.9 Å². The van der Waals surface area contributed by atoms with Gasteiger partial charge in [-0.3, -0.25) is 19.6 Å². The molecule has 9 heteroatoms. The number of amides is 1. The minimum atomic E-state index is -0.528. The molecule has 1 saturated heterocycles. The van der Waals surface area contributed by atoms with Crippen molar-refractivity contribution in [3.8, 4) is 5.75 Å². The summed E-state index contributed by atoms with van der Waals surface area (Å²) >= 11 is 5.78. The number of hydrogen-bond donors (Lipinski definition) is 1. The van der Waals surface area contributed by atoms with Gasteiger partial charge in [-0.05, 0) is 31.0 Å². The Balaban J connectivity index is 1.43.